The van der Waals surface area contributed by atoms with Gasteiger partial charge in [-0.05, 0) is 50.7 Å². The molecule has 10 nitrogen and oxygen atoms in total. The summed E-state index contributed by atoms with van der Waals surface area (Å²) in [5, 5.41) is 16.6. The Morgan fingerprint density at radius 3 is 1.21 bits per heavy atom. The highest BCUT2D eigenvalue weighted by Crippen LogP contribution is 2.47. The summed E-state index contributed by atoms with van der Waals surface area (Å²) in [7, 11) is 0. The first kappa shape index (κ1) is 35.9. The van der Waals surface area contributed by atoms with E-state index in [4.69, 9.17) is 98.8 Å². The van der Waals surface area contributed by atoms with E-state index >= 15 is 0 Å². The van der Waals surface area contributed by atoms with Crippen LogP contribution in [0.4, 0.5) is 0 Å². The first-order valence-corrected chi connectivity index (χ1v) is 14.6. The normalized spacial score (nSPS) is 10.7. The molecule has 2 rings (SSSR count). The minimum absolute atomic E-state index is 0.0000936. The maximum absolute atomic E-state index is 12.8. The number of rotatable bonds is 16. The molecule has 0 fully saturated rings. The summed E-state index contributed by atoms with van der Waals surface area (Å²) in [6.45, 7) is 0.111. The molecule has 16 heteroatoms. The first-order valence-electron chi connectivity index (χ1n) is 12.3. The van der Waals surface area contributed by atoms with Crippen molar-refractivity contribution in [3.05, 3.63) is 42.3 Å². The average Bonchev–Trinajstić information content (AvgIpc) is 2.91. The summed E-state index contributed by atoms with van der Waals surface area (Å²) in [4.78, 5) is 46.8. The van der Waals surface area contributed by atoms with Gasteiger partial charge in [0, 0.05) is 12.8 Å². The van der Waals surface area contributed by atoms with E-state index in [0.29, 0.717) is 38.5 Å². The summed E-state index contributed by atoms with van der Waals surface area (Å²) < 4.78 is 21.5. The second-order valence-corrected chi connectivity index (χ2v) is 10.9. The van der Waals surface area contributed by atoms with Crippen molar-refractivity contribution < 1.29 is 48.3 Å². The molecule has 0 aliphatic heterocycles. The Labute approximate surface area is 270 Å². The van der Waals surface area contributed by atoms with Crippen molar-refractivity contribution in [2.75, 3.05) is 13.2 Å². The van der Waals surface area contributed by atoms with E-state index in [1.165, 1.54) is 12.1 Å². The fraction of sp³-hybridized carbons (Fsp3) is 0.385. The lowest BCUT2D eigenvalue weighted by molar-refractivity contribution is -0.156. The van der Waals surface area contributed by atoms with Gasteiger partial charge in [-0.25, -0.2) is 9.59 Å². The second-order valence-electron chi connectivity index (χ2n) is 8.51. The van der Waals surface area contributed by atoms with Gasteiger partial charge in [0.1, 0.15) is 10.0 Å². The Hall–Kier alpha value is -2.34. The topological polar surface area (TPSA) is 146 Å². The zero-order chi connectivity index (χ0) is 31.4. The van der Waals surface area contributed by atoms with Gasteiger partial charge in [0.25, 0.3) is 0 Å². The van der Waals surface area contributed by atoms with Gasteiger partial charge in [0.15, 0.2) is 23.0 Å². The smallest absolute Gasteiger partial charge is 0.423 e. The molecule has 0 bridgehead atoms. The van der Waals surface area contributed by atoms with E-state index in [-0.39, 0.29) is 67.7 Å². The van der Waals surface area contributed by atoms with Gasteiger partial charge in [-0.1, -0.05) is 69.6 Å². The van der Waals surface area contributed by atoms with Crippen LogP contribution in [-0.4, -0.2) is 47.3 Å². The molecule has 0 unspecified atom stereocenters. The quantitative estimate of drug-likeness (QED) is 0.0576. The van der Waals surface area contributed by atoms with Gasteiger partial charge in [0.2, 0.25) is 0 Å². The van der Waals surface area contributed by atoms with Crippen molar-refractivity contribution in [3.63, 3.8) is 0 Å². The molecule has 0 heterocycles. The van der Waals surface area contributed by atoms with Crippen LogP contribution >= 0.6 is 69.6 Å². The number of carboxylic acid groups (broad SMARTS) is 2. The first-order chi connectivity index (χ1) is 19.8. The largest absolute Gasteiger partial charge is 0.488 e. The highest BCUT2D eigenvalue weighted by Gasteiger charge is 2.29. The number of benzene rings is 2. The number of hydrogen-bond donors (Lipinski definition) is 2. The Bertz CT molecular complexity index is 1220. The van der Waals surface area contributed by atoms with E-state index in [2.05, 4.69) is 0 Å². The highest BCUT2D eigenvalue weighted by molar-refractivity contribution is 6.46. The Morgan fingerprint density at radius 2 is 0.881 bits per heavy atom. The number of hydrogen-bond acceptors (Lipinski definition) is 8. The predicted octanol–water partition coefficient (Wildman–Crippen LogP) is 8.17. The molecule has 0 radical (unpaired) electrons. The third-order valence-electron chi connectivity index (χ3n) is 5.29. The molecular formula is C26H24Cl6O10. The third kappa shape index (κ3) is 11.1. The molecule has 0 amide bonds. The molecule has 42 heavy (non-hydrogen) atoms. The summed E-state index contributed by atoms with van der Waals surface area (Å²) in [5.41, 5.74) is 0. The van der Waals surface area contributed by atoms with E-state index in [9.17, 15) is 19.2 Å². The number of aliphatic carboxylic acids is 2. The van der Waals surface area contributed by atoms with Crippen LogP contribution in [0.5, 0.6) is 23.0 Å². The van der Waals surface area contributed by atoms with Crippen molar-refractivity contribution in [1.29, 1.82) is 0 Å². The zero-order valence-corrected chi connectivity index (χ0v) is 26.2. The highest BCUT2D eigenvalue weighted by atomic mass is 35.5. The number of carboxylic acids is 2. The summed E-state index contributed by atoms with van der Waals surface area (Å²) >= 11 is 36.9. The van der Waals surface area contributed by atoms with Crippen molar-refractivity contribution >= 4 is 93.5 Å². The minimum atomic E-state index is -1.56. The van der Waals surface area contributed by atoms with Crippen molar-refractivity contribution in [2.45, 2.75) is 51.4 Å². The number of carbonyl (C=O) groups excluding carboxylic acids is 2. The summed E-state index contributed by atoms with van der Waals surface area (Å²) in [5.74, 6) is -6.22. The minimum Gasteiger partial charge on any atom is -0.488 e. The summed E-state index contributed by atoms with van der Waals surface area (Å²) in [6.07, 6.45) is 2.79. The average molecular weight is 709 g/mol. The van der Waals surface area contributed by atoms with Crippen molar-refractivity contribution in [1.82, 2.24) is 0 Å². The SMILES string of the molecule is O=C(O)CCCCCOc1c(Cl)cc(Cl)c(Cl)c1OC(=O)C(=O)Oc1c(Cl)c(Cl)cc(Cl)c1OCCCCCC(=O)O. The van der Waals surface area contributed by atoms with E-state index in [1.54, 1.807) is 0 Å². The number of unbranched alkanes of at least 4 members (excludes halogenated alkanes) is 4. The van der Waals surface area contributed by atoms with E-state index < -0.39 is 35.4 Å². The Morgan fingerprint density at radius 1 is 0.524 bits per heavy atom. The molecule has 2 N–H and O–H groups in total. The molecule has 0 aliphatic carbocycles. The van der Waals surface area contributed by atoms with Gasteiger partial charge in [0.05, 0.1) is 33.3 Å². The standard InChI is InChI=1S/C26H24Cl6O10/c27-13-11-15(29)21(39-9-5-1-3-7-17(33)34)23(19(13)31)41-25(37)26(38)42-24-20(32)14(28)12-16(30)22(24)40-10-6-2-4-8-18(35)36/h11-12H,1-10H2,(H,33,34)(H,35,36). The molecule has 0 spiro atoms. The van der Waals surface area contributed by atoms with Gasteiger partial charge >= 0.3 is 23.9 Å². The molecule has 0 saturated carbocycles. The molecule has 0 aliphatic rings. The molecule has 0 atom stereocenters. The maximum Gasteiger partial charge on any atom is 0.423 e. The van der Waals surface area contributed by atoms with Crippen LogP contribution in [0.25, 0.3) is 0 Å². The number of ether oxygens (including phenoxy) is 4. The lowest BCUT2D eigenvalue weighted by atomic mass is 10.2. The van der Waals surface area contributed by atoms with Crippen LogP contribution in [0.3, 0.4) is 0 Å². The van der Waals surface area contributed by atoms with Crippen LogP contribution in [0.2, 0.25) is 30.1 Å². The second kappa shape index (κ2) is 17.7. The predicted molar refractivity (Wildman–Crippen MR) is 157 cm³/mol. The number of halogens is 6. The summed E-state index contributed by atoms with van der Waals surface area (Å²) in [6, 6.07) is 2.50. The van der Waals surface area contributed by atoms with Crippen molar-refractivity contribution in [2.24, 2.45) is 0 Å². The van der Waals surface area contributed by atoms with E-state index in [0.717, 1.165) is 0 Å². The fourth-order valence-corrected chi connectivity index (χ4v) is 4.65. The van der Waals surface area contributed by atoms with Gasteiger partial charge in [-0.15, -0.1) is 0 Å². The Balaban J connectivity index is 2.16. The van der Waals surface area contributed by atoms with Crippen LogP contribution in [0.1, 0.15) is 51.4 Å². The molecule has 2 aromatic rings. The lowest BCUT2D eigenvalue weighted by Crippen LogP contribution is -2.26. The Kier molecular flexibility index (Phi) is 15.1. The van der Waals surface area contributed by atoms with Crippen LogP contribution in [0, 0.1) is 0 Å². The van der Waals surface area contributed by atoms with E-state index in [1.807, 2.05) is 0 Å². The van der Waals surface area contributed by atoms with Crippen LogP contribution < -0.4 is 18.9 Å². The molecule has 230 valence electrons. The van der Waals surface area contributed by atoms with Gasteiger partial charge in [-0.3, -0.25) is 9.59 Å². The number of carbonyl (C=O) groups is 4. The van der Waals surface area contributed by atoms with Crippen LogP contribution in [0.15, 0.2) is 12.1 Å². The molecule has 2 aromatic carbocycles. The molecular weight excluding hydrogens is 685 g/mol. The monoisotopic (exact) mass is 706 g/mol. The lowest BCUT2D eigenvalue weighted by Gasteiger charge is -2.17. The van der Waals surface area contributed by atoms with Gasteiger partial charge < -0.3 is 29.2 Å². The van der Waals surface area contributed by atoms with Crippen molar-refractivity contribution in [3.8, 4) is 23.0 Å². The zero-order valence-electron chi connectivity index (χ0n) is 21.7. The fourth-order valence-electron chi connectivity index (χ4n) is 3.29. The maximum atomic E-state index is 12.8. The molecule has 0 aromatic heterocycles. The number of esters is 2. The third-order valence-corrected chi connectivity index (χ3v) is 7.39. The van der Waals surface area contributed by atoms with Gasteiger partial charge in [-0.2, -0.15) is 0 Å². The molecule has 0 saturated heterocycles. The van der Waals surface area contributed by atoms with Crippen LogP contribution in [-0.2, 0) is 19.2 Å².